The summed E-state index contributed by atoms with van der Waals surface area (Å²) >= 11 is 0. The Bertz CT molecular complexity index is 592. The van der Waals surface area contributed by atoms with Gasteiger partial charge in [0.15, 0.2) is 0 Å². The normalized spacial score (nSPS) is 10.6. The Labute approximate surface area is 111 Å². The van der Waals surface area contributed by atoms with Crippen molar-refractivity contribution in [3.63, 3.8) is 0 Å². The zero-order valence-electron chi connectivity index (χ0n) is 10.8. The number of halogens is 1. The van der Waals surface area contributed by atoms with E-state index in [4.69, 9.17) is 5.73 Å². The van der Waals surface area contributed by atoms with Gasteiger partial charge in [0.25, 0.3) is 0 Å². The molecule has 0 aliphatic heterocycles. The summed E-state index contributed by atoms with van der Waals surface area (Å²) in [7, 11) is 0. The maximum absolute atomic E-state index is 13.8. The first kappa shape index (κ1) is 13.3. The predicted octanol–water partition coefficient (Wildman–Crippen LogP) is 2.12. The highest BCUT2D eigenvalue weighted by Crippen LogP contribution is 2.13. The van der Waals surface area contributed by atoms with Crippen LogP contribution in [-0.2, 0) is 13.0 Å². The molecular weight excluding hydrogens is 245 g/mol. The van der Waals surface area contributed by atoms with Crippen LogP contribution in [0.15, 0.2) is 30.6 Å². The van der Waals surface area contributed by atoms with Crippen molar-refractivity contribution < 1.29 is 9.18 Å². The Balaban J connectivity index is 2.29. The third-order valence-electron chi connectivity index (χ3n) is 2.95. The van der Waals surface area contributed by atoms with Crippen molar-refractivity contribution >= 4 is 5.91 Å². The molecule has 0 saturated heterocycles. The molecule has 5 heteroatoms. The Morgan fingerprint density at radius 2 is 2.26 bits per heavy atom. The minimum Gasteiger partial charge on any atom is -0.366 e. The second-order valence-electron chi connectivity index (χ2n) is 4.39. The second-order valence-corrected chi connectivity index (χ2v) is 4.39. The first-order valence-corrected chi connectivity index (χ1v) is 6.20. The Morgan fingerprint density at radius 1 is 1.47 bits per heavy atom. The number of amides is 1. The Kier molecular flexibility index (Phi) is 3.94. The minimum absolute atomic E-state index is 0.313. The Morgan fingerprint density at radius 3 is 2.95 bits per heavy atom. The van der Waals surface area contributed by atoms with Gasteiger partial charge >= 0.3 is 0 Å². The third-order valence-corrected chi connectivity index (χ3v) is 2.95. The fraction of sp³-hybridized carbons (Fsp3) is 0.286. The predicted molar refractivity (Wildman–Crippen MR) is 70.2 cm³/mol. The lowest BCUT2D eigenvalue weighted by Gasteiger charge is -2.09. The van der Waals surface area contributed by atoms with Gasteiger partial charge in [0, 0.05) is 29.9 Å². The molecule has 0 fully saturated rings. The number of carbonyl (C=O) groups excluding carboxylic acids is 1. The van der Waals surface area contributed by atoms with E-state index in [2.05, 4.69) is 11.9 Å². The van der Waals surface area contributed by atoms with Gasteiger partial charge in [-0.05, 0) is 24.6 Å². The number of nitrogens with zero attached hydrogens (tertiary/aromatic N) is 2. The number of aryl methyl sites for hydroxylation is 1. The van der Waals surface area contributed by atoms with E-state index in [1.54, 1.807) is 12.4 Å². The molecule has 4 nitrogen and oxygen atoms in total. The summed E-state index contributed by atoms with van der Waals surface area (Å²) < 4.78 is 15.6. The molecular formula is C14H16FN3O. The summed E-state index contributed by atoms with van der Waals surface area (Å²) in [4.78, 5) is 15.4. The summed E-state index contributed by atoms with van der Waals surface area (Å²) in [6.07, 6.45) is 5.31. The number of imidazole rings is 1. The van der Waals surface area contributed by atoms with Gasteiger partial charge in [0.05, 0.1) is 6.54 Å². The van der Waals surface area contributed by atoms with Gasteiger partial charge in [-0.15, -0.1) is 0 Å². The van der Waals surface area contributed by atoms with Crippen LogP contribution < -0.4 is 5.73 Å². The molecule has 0 saturated carbocycles. The maximum Gasteiger partial charge on any atom is 0.248 e. The number of aromatic nitrogens is 2. The summed E-state index contributed by atoms with van der Waals surface area (Å²) in [5.41, 5.74) is 5.95. The fourth-order valence-electron chi connectivity index (χ4n) is 1.97. The number of hydrogen-bond acceptors (Lipinski definition) is 2. The summed E-state index contributed by atoms with van der Waals surface area (Å²) in [5, 5.41) is 0. The number of benzene rings is 1. The van der Waals surface area contributed by atoms with Crippen LogP contribution in [0.2, 0.25) is 0 Å². The van der Waals surface area contributed by atoms with Crippen molar-refractivity contribution in [2.75, 3.05) is 0 Å². The monoisotopic (exact) mass is 261 g/mol. The molecule has 1 amide bonds. The SMILES string of the molecule is CCCc1nccn1Cc1cc(C(N)=O)ccc1F. The summed E-state index contributed by atoms with van der Waals surface area (Å²) in [6, 6.07) is 4.15. The highest BCUT2D eigenvalue weighted by molar-refractivity contribution is 5.92. The lowest BCUT2D eigenvalue weighted by atomic mass is 10.1. The molecule has 0 radical (unpaired) electrons. The van der Waals surface area contributed by atoms with Crippen molar-refractivity contribution in [3.8, 4) is 0 Å². The number of primary amides is 1. The molecule has 1 heterocycles. The number of rotatable bonds is 5. The zero-order valence-corrected chi connectivity index (χ0v) is 10.8. The van der Waals surface area contributed by atoms with Gasteiger partial charge in [-0.1, -0.05) is 6.92 Å². The first-order valence-electron chi connectivity index (χ1n) is 6.20. The molecule has 0 bridgehead atoms. The van der Waals surface area contributed by atoms with Crippen LogP contribution in [0, 0.1) is 5.82 Å². The van der Waals surface area contributed by atoms with E-state index in [0.29, 0.717) is 17.7 Å². The topological polar surface area (TPSA) is 60.9 Å². The number of hydrogen-bond donors (Lipinski definition) is 1. The molecule has 2 N–H and O–H groups in total. The molecule has 0 aliphatic carbocycles. The number of nitrogens with two attached hydrogens (primary N) is 1. The van der Waals surface area contributed by atoms with Gasteiger partial charge < -0.3 is 10.3 Å². The molecule has 2 rings (SSSR count). The molecule has 1 aromatic carbocycles. The van der Waals surface area contributed by atoms with Crippen LogP contribution >= 0.6 is 0 Å². The summed E-state index contributed by atoms with van der Waals surface area (Å²) in [5.74, 6) is 0.00758. The maximum atomic E-state index is 13.8. The molecule has 2 aromatic rings. The van der Waals surface area contributed by atoms with Crippen LogP contribution in [-0.4, -0.2) is 15.5 Å². The van der Waals surface area contributed by atoms with Gasteiger partial charge in [0.2, 0.25) is 5.91 Å². The average molecular weight is 261 g/mol. The van der Waals surface area contributed by atoms with Crippen LogP contribution in [0.4, 0.5) is 4.39 Å². The van der Waals surface area contributed by atoms with E-state index >= 15 is 0 Å². The lowest BCUT2D eigenvalue weighted by molar-refractivity contribution is 0.1000. The minimum atomic E-state index is -0.555. The van der Waals surface area contributed by atoms with Crippen molar-refractivity contribution in [1.82, 2.24) is 9.55 Å². The molecule has 19 heavy (non-hydrogen) atoms. The van der Waals surface area contributed by atoms with E-state index in [9.17, 15) is 9.18 Å². The molecule has 1 aromatic heterocycles. The van der Waals surface area contributed by atoms with Crippen molar-refractivity contribution in [1.29, 1.82) is 0 Å². The van der Waals surface area contributed by atoms with Crippen LogP contribution in [0.5, 0.6) is 0 Å². The highest BCUT2D eigenvalue weighted by Gasteiger charge is 2.09. The van der Waals surface area contributed by atoms with Crippen molar-refractivity contribution in [2.45, 2.75) is 26.3 Å². The van der Waals surface area contributed by atoms with E-state index in [-0.39, 0.29) is 5.82 Å². The number of carbonyl (C=O) groups is 1. The van der Waals surface area contributed by atoms with E-state index in [0.717, 1.165) is 18.7 Å². The zero-order chi connectivity index (χ0) is 13.8. The van der Waals surface area contributed by atoms with E-state index < -0.39 is 5.91 Å². The third kappa shape index (κ3) is 2.99. The highest BCUT2D eigenvalue weighted by atomic mass is 19.1. The van der Waals surface area contributed by atoms with E-state index in [1.165, 1.54) is 18.2 Å². The quantitative estimate of drug-likeness (QED) is 0.896. The largest absolute Gasteiger partial charge is 0.366 e. The lowest BCUT2D eigenvalue weighted by Crippen LogP contribution is -2.13. The second kappa shape index (κ2) is 5.65. The van der Waals surface area contributed by atoms with Crippen molar-refractivity contribution in [2.24, 2.45) is 5.73 Å². The molecule has 0 atom stereocenters. The summed E-state index contributed by atoms with van der Waals surface area (Å²) in [6.45, 7) is 2.41. The van der Waals surface area contributed by atoms with Gasteiger partial charge in [-0.25, -0.2) is 9.37 Å². The fourth-order valence-corrected chi connectivity index (χ4v) is 1.97. The first-order chi connectivity index (χ1) is 9.11. The molecule has 0 unspecified atom stereocenters. The van der Waals surface area contributed by atoms with Crippen LogP contribution in [0.3, 0.4) is 0 Å². The average Bonchev–Trinajstić information content (AvgIpc) is 2.80. The smallest absolute Gasteiger partial charge is 0.248 e. The molecule has 100 valence electrons. The van der Waals surface area contributed by atoms with Gasteiger partial charge in [0.1, 0.15) is 11.6 Å². The van der Waals surface area contributed by atoms with Crippen molar-refractivity contribution in [3.05, 3.63) is 53.4 Å². The van der Waals surface area contributed by atoms with Gasteiger partial charge in [-0.3, -0.25) is 4.79 Å². The van der Waals surface area contributed by atoms with Crippen LogP contribution in [0.25, 0.3) is 0 Å². The molecule has 0 aliphatic rings. The van der Waals surface area contributed by atoms with Gasteiger partial charge in [-0.2, -0.15) is 0 Å². The van der Waals surface area contributed by atoms with E-state index in [1.807, 2.05) is 4.57 Å². The molecule has 0 spiro atoms. The Hall–Kier alpha value is -2.17. The standard InChI is InChI=1S/C14H16FN3O/c1-2-3-13-17-6-7-18(13)9-11-8-10(14(16)19)4-5-12(11)15/h4-8H,2-3,9H2,1H3,(H2,16,19). The van der Waals surface area contributed by atoms with Crippen LogP contribution in [0.1, 0.15) is 35.1 Å².